The Morgan fingerprint density at radius 1 is 1.19 bits per heavy atom. The molecule has 1 aromatic heterocycles. The molecule has 2 aromatic rings. The monoisotopic (exact) mass is 506 g/mol. The number of carboxylic acids is 2. The van der Waals surface area contributed by atoms with Crippen LogP contribution in [0.4, 0.5) is 17.2 Å². The van der Waals surface area contributed by atoms with E-state index in [1.165, 1.54) is 29.3 Å². The molecule has 0 saturated carbocycles. The van der Waals surface area contributed by atoms with Crippen molar-refractivity contribution in [3.8, 4) is 0 Å². The van der Waals surface area contributed by atoms with Crippen molar-refractivity contribution in [3.63, 3.8) is 0 Å². The number of aromatic nitrogens is 1. The maximum absolute atomic E-state index is 13.0. The molecule has 0 aliphatic heterocycles. The molecule has 4 N–H and O–H groups in total. The SMILES string of the molecule is CCOC(=O)CCN(C(=O)c1ccc(NC)c([N+](=O)[O-])c1)c1ccccn1.O=C(O)CC(O)C(=O)O. The first kappa shape index (κ1) is 29.4. The van der Waals surface area contributed by atoms with Crippen LogP contribution in [0.2, 0.25) is 0 Å². The molecule has 0 bridgehead atoms. The maximum atomic E-state index is 13.0. The number of aliphatic hydroxyl groups is 1. The molecule has 0 fully saturated rings. The Morgan fingerprint density at radius 3 is 2.36 bits per heavy atom. The Kier molecular flexibility index (Phi) is 12.0. The van der Waals surface area contributed by atoms with Gasteiger partial charge in [0.05, 0.1) is 24.4 Å². The molecule has 0 spiro atoms. The maximum Gasteiger partial charge on any atom is 0.333 e. The molecular formula is C22H26N4O10. The zero-order valence-electron chi connectivity index (χ0n) is 19.5. The average Bonchev–Trinajstić information content (AvgIpc) is 2.84. The lowest BCUT2D eigenvalue weighted by Crippen LogP contribution is -2.34. The second-order valence-electron chi connectivity index (χ2n) is 6.89. The number of nitro benzene ring substituents is 1. The van der Waals surface area contributed by atoms with Gasteiger partial charge in [0.15, 0.2) is 6.10 Å². The highest BCUT2D eigenvalue weighted by molar-refractivity contribution is 6.06. The van der Waals surface area contributed by atoms with Gasteiger partial charge in [0, 0.05) is 31.4 Å². The van der Waals surface area contributed by atoms with Gasteiger partial charge in [0.2, 0.25) is 0 Å². The van der Waals surface area contributed by atoms with Gasteiger partial charge in [-0.1, -0.05) is 6.07 Å². The highest BCUT2D eigenvalue weighted by Crippen LogP contribution is 2.26. The number of hydrogen-bond acceptors (Lipinski definition) is 10. The molecule has 1 heterocycles. The summed E-state index contributed by atoms with van der Waals surface area (Å²) in [4.78, 5) is 60.2. The zero-order chi connectivity index (χ0) is 27.3. The largest absolute Gasteiger partial charge is 0.481 e. The van der Waals surface area contributed by atoms with E-state index in [0.29, 0.717) is 11.5 Å². The van der Waals surface area contributed by atoms with Gasteiger partial charge in [-0.2, -0.15) is 0 Å². The van der Waals surface area contributed by atoms with Gasteiger partial charge < -0.3 is 25.4 Å². The lowest BCUT2D eigenvalue weighted by atomic mass is 10.1. The molecule has 1 atom stereocenters. The van der Waals surface area contributed by atoms with E-state index in [-0.39, 0.29) is 30.8 Å². The van der Waals surface area contributed by atoms with E-state index in [2.05, 4.69) is 10.3 Å². The number of rotatable bonds is 11. The summed E-state index contributed by atoms with van der Waals surface area (Å²) in [7, 11) is 1.56. The molecule has 14 nitrogen and oxygen atoms in total. The first-order valence-electron chi connectivity index (χ1n) is 10.5. The van der Waals surface area contributed by atoms with E-state index in [9.17, 15) is 29.3 Å². The van der Waals surface area contributed by atoms with Crippen molar-refractivity contribution in [2.24, 2.45) is 0 Å². The first-order chi connectivity index (χ1) is 17.0. The lowest BCUT2D eigenvalue weighted by molar-refractivity contribution is -0.384. The van der Waals surface area contributed by atoms with Crippen molar-refractivity contribution < 1.29 is 44.2 Å². The summed E-state index contributed by atoms with van der Waals surface area (Å²) < 4.78 is 4.90. The van der Waals surface area contributed by atoms with Gasteiger partial charge >= 0.3 is 17.9 Å². The highest BCUT2D eigenvalue weighted by Gasteiger charge is 2.23. The van der Waals surface area contributed by atoms with E-state index in [4.69, 9.17) is 20.1 Å². The number of pyridine rings is 1. The predicted molar refractivity (Wildman–Crippen MR) is 126 cm³/mol. The molecule has 0 radical (unpaired) electrons. The normalized spacial score (nSPS) is 10.8. The molecule has 0 aliphatic carbocycles. The van der Waals surface area contributed by atoms with E-state index >= 15 is 0 Å². The fourth-order valence-corrected chi connectivity index (χ4v) is 2.71. The Balaban J connectivity index is 0.000000613. The number of aliphatic carboxylic acids is 2. The number of anilines is 2. The topological polar surface area (TPSA) is 209 Å². The highest BCUT2D eigenvalue weighted by atomic mass is 16.6. The quantitative estimate of drug-likeness (QED) is 0.194. The Bertz CT molecular complexity index is 1080. The van der Waals surface area contributed by atoms with E-state index in [0.717, 1.165) is 0 Å². The van der Waals surface area contributed by atoms with Gasteiger partial charge in [-0.3, -0.25) is 29.4 Å². The molecule has 14 heteroatoms. The van der Waals surface area contributed by atoms with Crippen LogP contribution in [-0.2, 0) is 19.1 Å². The molecule has 1 amide bonds. The lowest BCUT2D eigenvalue weighted by Gasteiger charge is -2.21. The van der Waals surface area contributed by atoms with E-state index in [1.54, 1.807) is 32.2 Å². The number of esters is 1. The fourth-order valence-electron chi connectivity index (χ4n) is 2.71. The van der Waals surface area contributed by atoms with Gasteiger partial charge in [-0.05, 0) is 31.2 Å². The number of nitro groups is 1. The van der Waals surface area contributed by atoms with Gasteiger partial charge in [-0.15, -0.1) is 0 Å². The van der Waals surface area contributed by atoms with Crippen LogP contribution in [0.15, 0.2) is 42.6 Å². The Morgan fingerprint density at radius 2 is 1.89 bits per heavy atom. The number of carbonyl (C=O) groups is 4. The number of ether oxygens (including phenoxy) is 1. The summed E-state index contributed by atoms with van der Waals surface area (Å²) >= 11 is 0. The third-order valence-electron chi connectivity index (χ3n) is 4.38. The van der Waals surface area contributed by atoms with Crippen molar-refractivity contribution in [2.45, 2.75) is 25.9 Å². The standard InChI is InChI=1S/C18H20N4O5.C4H6O5/c1-3-27-17(23)9-11-21(16-6-4-5-10-20-16)18(24)13-7-8-14(19-2)15(12-13)22(25)26;5-2(4(8)9)1-3(6)7/h4-8,10,12,19H,3,9,11H2,1-2H3;2,5H,1H2,(H,6,7)(H,8,9). The summed E-state index contributed by atoms with van der Waals surface area (Å²) in [5.41, 5.74) is 0.206. The van der Waals surface area contributed by atoms with Crippen molar-refractivity contribution in [2.75, 3.05) is 30.4 Å². The summed E-state index contributed by atoms with van der Waals surface area (Å²) in [6.07, 6.45) is -1.04. The van der Waals surface area contributed by atoms with E-state index < -0.39 is 41.3 Å². The number of nitrogens with one attached hydrogen (secondary N) is 1. The van der Waals surface area contributed by atoms with Crippen LogP contribution < -0.4 is 10.2 Å². The second kappa shape index (κ2) is 14.6. The third-order valence-corrected chi connectivity index (χ3v) is 4.38. The number of carbonyl (C=O) groups excluding carboxylic acids is 2. The number of benzene rings is 1. The van der Waals surface area contributed by atoms with Crippen LogP contribution in [0.25, 0.3) is 0 Å². The molecule has 36 heavy (non-hydrogen) atoms. The summed E-state index contributed by atoms with van der Waals surface area (Å²) in [5, 5.41) is 38.1. The third kappa shape index (κ3) is 9.34. The van der Waals surface area contributed by atoms with Crippen molar-refractivity contribution in [1.29, 1.82) is 0 Å². The van der Waals surface area contributed by atoms with Gasteiger partial charge in [-0.25, -0.2) is 9.78 Å². The average molecular weight is 506 g/mol. The molecule has 1 aromatic carbocycles. The van der Waals surface area contributed by atoms with Crippen LogP contribution in [0.1, 0.15) is 30.1 Å². The number of amides is 1. The van der Waals surface area contributed by atoms with Crippen molar-refractivity contribution in [1.82, 2.24) is 4.98 Å². The number of hydrogen-bond donors (Lipinski definition) is 4. The molecule has 1 unspecified atom stereocenters. The number of carboxylic acid groups (broad SMARTS) is 2. The second-order valence-corrected chi connectivity index (χ2v) is 6.89. The van der Waals surface area contributed by atoms with Gasteiger partial charge in [0.25, 0.3) is 11.6 Å². The van der Waals surface area contributed by atoms with E-state index in [1.807, 2.05) is 0 Å². The smallest absolute Gasteiger partial charge is 0.333 e. The molecule has 2 rings (SSSR count). The van der Waals surface area contributed by atoms with Crippen LogP contribution >= 0.6 is 0 Å². The Hall–Kier alpha value is -4.59. The molecule has 0 saturated heterocycles. The first-order valence-corrected chi connectivity index (χ1v) is 10.5. The van der Waals surface area contributed by atoms with Crippen LogP contribution in [0, 0.1) is 10.1 Å². The predicted octanol–water partition coefficient (Wildman–Crippen LogP) is 1.54. The van der Waals surface area contributed by atoms with Crippen LogP contribution in [0.3, 0.4) is 0 Å². The van der Waals surface area contributed by atoms with Crippen LogP contribution in [0.5, 0.6) is 0 Å². The minimum absolute atomic E-state index is 0.0210. The number of aliphatic hydroxyl groups excluding tert-OH is 1. The van der Waals surface area contributed by atoms with Crippen molar-refractivity contribution in [3.05, 3.63) is 58.3 Å². The molecule has 194 valence electrons. The van der Waals surface area contributed by atoms with Crippen molar-refractivity contribution >= 4 is 41.0 Å². The fraction of sp³-hybridized carbons (Fsp3) is 0.318. The summed E-state index contributed by atoms with van der Waals surface area (Å²) in [5.74, 6) is -3.44. The van der Waals surface area contributed by atoms with Gasteiger partial charge in [0.1, 0.15) is 11.5 Å². The minimum atomic E-state index is -1.79. The minimum Gasteiger partial charge on any atom is -0.481 e. The summed E-state index contributed by atoms with van der Waals surface area (Å²) in [6.45, 7) is 1.98. The number of nitrogens with zero attached hydrogens (tertiary/aromatic N) is 3. The van der Waals surface area contributed by atoms with Crippen LogP contribution in [-0.4, -0.2) is 75.3 Å². The molecule has 0 aliphatic rings. The molecular weight excluding hydrogens is 480 g/mol. The Labute approximate surface area is 205 Å². The summed E-state index contributed by atoms with van der Waals surface area (Å²) in [6, 6.07) is 9.19. The zero-order valence-corrected chi connectivity index (χ0v) is 19.5.